The van der Waals surface area contributed by atoms with Gasteiger partial charge in [-0.3, -0.25) is 4.79 Å². The summed E-state index contributed by atoms with van der Waals surface area (Å²) in [4.78, 5) is 12.3. The Morgan fingerprint density at radius 3 is 2.83 bits per heavy atom. The highest BCUT2D eigenvalue weighted by atomic mass is 19.1. The molecule has 1 aromatic rings. The van der Waals surface area contributed by atoms with Crippen LogP contribution in [0.15, 0.2) is 24.3 Å². The summed E-state index contributed by atoms with van der Waals surface area (Å²) < 4.78 is 13.1. The molecule has 0 saturated heterocycles. The van der Waals surface area contributed by atoms with E-state index in [0.717, 1.165) is 24.8 Å². The van der Waals surface area contributed by atoms with E-state index in [0.29, 0.717) is 18.1 Å². The summed E-state index contributed by atoms with van der Waals surface area (Å²) in [6, 6.07) is 6.41. The van der Waals surface area contributed by atoms with Gasteiger partial charge in [-0.2, -0.15) is 0 Å². The minimum Gasteiger partial charge on any atom is -0.299 e. The summed E-state index contributed by atoms with van der Waals surface area (Å²) in [5, 5.41) is 0. The first-order valence-electron chi connectivity index (χ1n) is 6.98. The van der Waals surface area contributed by atoms with E-state index in [2.05, 4.69) is 6.92 Å². The molecule has 2 atom stereocenters. The lowest BCUT2D eigenvalue weighted by atomic mass is 9.74. The van der Waals surface area contributed by atoms with Gasteiger partial charge >= 0.3 is 0 Å². The van der Waals surface area contributed by atoms with Gasteiger partial charge in [-0.15, -0.1) is 0 Å². The number of benzene rings is 1. The van der Waals surface area contributed by atoms with Crippen LogP contribution < -0.4 is 0 Å². The summed E-state index contributed by atoms with van der Waals surface area (Å²) >= 11 is 0. The van der Waals surface area contributed by atoms with E-state index in [1.165, 1.54) is 25.0 Å². The molecule has 0 amide bonds. The molecule has 2 rings (SSSR count). The van der Waals surface area contributed by atoms with Crippen molar-refractivity contribution in [1.29, 1.82) is 0 Å². The maximum Gasteiger partial charge on any atom is 0.140 e. The van der Waals surface area contributed by atoms with Crippen LogP contribution in [-0.2, 0) is 11.2 Å². The van der Waals surface area contributed by atoms with Gasteiger partial charge in [-0.05, 0) is 36.5 Å². The maximum absolute atomic E-state index is 13.1. The van der Waals surface area contributed by atoms with Crippen molar-refractivity contribution in [3.63, 3.8) is 0 Å². The number of carbonyl (C=O) groups is 1. The topological polar surface area (TPSA) is 17.1 Å². The molecule has 1 saturated carbocycles. The molecule has 1 aromatic carbocycles. The molecule has 0 radical (unpaired) electrons. The first kappa shape index (κ1) is 13.3. The van der Waals surface area contributed by atoms with E-state index in [1.54, 1.807) is 6.07 Å². The lowest BCUT2D eigenvalue weighted by Gasteiger charge is -2.29. The maximum atomic E-state index is 13.1. The number of halogens is 1. The third-order valence-corrected chi connectivity index (χ3v) is 4.11. The Bertz CT molecular complexity index is 413. The van der Waals surface area contributed by atoms with Gasteiger partial charge in [-0.1, -0.05) is 38.3 Å². The van der Waals surface area contributed by atoms with Crippen molar-refractivity contribution in [2.75, 3.05) is 0 Å². The van der Waals surface area contributed by atoms with Crippen molar-refractivity contribution in [2.45, 2.75) is 45.4 Å². The number of rotatable bonds is 4. The molecule has 0 heterocycles. The lowest BCUT2D eigenvalue weighted by Crippen LogP contribution is -2.28. The van der Waals surface area contributed by atoms with Gasteiger partial charge in [0.05, 0.1) is 0 Å². The third kappa shape index (κ3) is 3.18. The Morgan fingerprint density at radius 2 is 2.11 bits per heavy atom. The highest BCUT2D eigenvalue weighted by Crippen LogP contribution is 2.33. The monoisotopic (exact) mass is 248 g/mol. The van der Waals surface area contributed by atoms with E-state index in [1.807, 2.05) is 6.07 Å². The van der Waals surface area contributed by atoms with Crippen LogP contribution in [0.2, 0.25) is 0 Å². The molecule has 1 nitrogen and oxygen atoms in total. The summed E-state index contributed by atoms with van der Waals surface area (Å²) in [5.41, 5.74) is 0.806. The van der Waals surface area contributed by atoms with Crippen molar-refractivity contribution in [1.82, 2.24) is 0 Å². The van der Waals surface area contributed by atoms with Crippen molar-refractivity contribution in [3.8, 4) is 0 Å². The molecule has 0 aliphatic heterocycles. The van der Waals surface area contributed by atoms with E-state index < -0.39 is 0 Å². The molecule has 0 bridgehead atoms. The number of carbonyl (C=O) groups excluding carboxylic acids is 1. The highest BCUT2D eigenvalue weighted by Gasteiger charge is 2.29. The van der Waals surface area contributed by atoms with Crippen molar-refractivity contribution in [2.24, 2.45) is 11.8 Å². The fourth-order valence-electron chi connectivity index (χ4n) is 3.10. The van der Waals surface area contributed by atoms with E-state index in [-0.39, 0.29) is 11.7 Å². The second-order valence-corrected chi connectivity index (χ2v) is 5.33. The second kappa shape index (κ2) is 6.12. The Labute approximate surface area is 108 Å². The predicted octanol–water partition coefficient (Wildman–Crippen LogP) is 4.15. The highest BCUT2D eigenvalue weighted by molar-refractivity contribution is 5.83. The molecular formula is C16H21FO. The van der Waals surface area contributed by atoms with E-state index in [9.17, 15) is 9.18 Å². The van der Waals surface area contributed by atoms with Crippen LogP contribution in [0.1, 0.15) is 44.6 Å². The molecule has 1 aliphatic rings. The fourth-order valence-corrected chi connectivity index (χ4v) is 3.10. The molecule has 1 aliphatic carbocycles. The molecule has 0 spiro atoms. The summed E-state index contributed by atoms with van der Waals surface area (Å²) in [6.07, 6.45) is 6.08. The number of hydrogen-bond donors (Lipinski definition) is 0. The SMILES string of the molecule is CCC1CCCCC1C(=O)Cc1cccc(F)c1. The Morgan fingerprint density at radius 1 is 1.33 bits per heavy atom. The number of ketones is 1. The van der Waals surface area contributed by atoms with Gasteiger partial charge in [0.15, 0.2) is 0 Å². The first-order chi connectivity index (χ1) is 8.70. The second-order valence-electron chi connectivity index (χ2n) is 5.33. The van der Waals surface area contributed by atoms with E-state index in [4.69, 9.17) is 0 Å². The molecule has 0 N–H and O–H groups in total. The van der Waals surface area contributed by atoms with Crippen LogP contribution >= 0.6 is 0 Å². The Kier molecular flexibility index (Phi) is 4.51. The molecule has 98 valence electrons. The van der Waals surface area contributed by atoms with Gasteiger partial charge in [-0.25, -0.2) is 4.39 Å². The summed E-state index contributed by atoms with van der Waals surface area (Å²) in [7, 11) is 0. The summed E-state index contributed by atoms with van der Waals surface area (Å²) in [5.74, 6) is 0.787. The molecule has 18 heavy (non-hydrogen) atoms. The molecule has 0 aromatic heterocycles. The van der Waals surface area contributed by atoms with Crippen LogP contribution in [0.4, 0.5) is 4.39 Å². The zero-order valence-corrected chi connectivity index (χ0v) is 11.0. The van der Waals surface area contributed by atoms with E-state index >= 15 is 0 Å². The standard InChI is InChI=1S/C16H21FO/c1-2-13-7-3-4-9-15(13)16(18)11-12-6-5-8-14(17)10-12/h5-6,8,10,13,15H,2-4,7,9,11H2,1H3. The Hall–Kier alpha value is -1.18. The number of hydrogen-bond acceptors (Lipinski definition) is 1. The van der Waals surface area contributed by atoms with Gasteiger partial charge in [0.25, 0.3) is 0 Å². The van der Waals surface area contributed by atoms with Gasteiger partial charge < -0.3 is 0 Å². The van der Waals surface area contributed by atoms with Crippen LogP contribution in [-0.4, -0.2) is 5.78 Å². The predicted molar refractivity (Wildman–Crippen MR) is 70.9 cm³/mol. The Balaban J connectivity index is 2.02. The van der Waals surface area contributed by atoms with Crippen LogP contribution in [0.25, 0.3) is 0 Å². The van der Waals surface area contributed by atoms with Gasteiger partial charge in [0.2, 0.25) is 0 Å². The van der Waals surface area contributed by atoms with Crippen LogP contribution in [0.3, 0.4) is 0 Å². The molecule has 1 fully saturated rings. The lowest BCUT2D eigenvalue weighted by molar-refractivity contribution is -0.125. The van der Waals surface area contributed by atoms with Crippen molar-refractivity contribution < 1.29 is 9.18 Å². The fraction of sp³-hybridized carbons (Fsp3) is 0.562. The zero-order valence-electron chi connectivity index (χ0n) is 11.0. The minimum atomic E-state index is -0.254. The largest absolute Gasteiger partial charge is 0.299 e. The minimum absolute atomic E-state index is 0.201. The van der Waals surface area contributed by atoms with Gasteiger partial charge in [0, 0.05) is 12.3 Å². The van der Waals surface area contributed by atoms with Crippen LogP contribution in [0, 0.1) is 17.7 Å². The average Bonchev–Trinajstić information content (AvgIpc) is 2.38. The van der Waals surface area contributed by atoms with Crippen LogP contribution in [0.5, 0.6) is 0 Å². The first-order valence-corrected chi connectivity index (χ1v) is 6.98. The van der Waals surface area contributed by atoms with Gasteiger partial charge in [0.1, 0.15) is 11.6 Å². The normalized spacial score (nSPS) is 23.9. The smallest absolute Gasteiger partial charge is 0.140 e. The van der Waals surface area contributed by atoms with Crippen molar-refractivity contribution >= 4 is 5.78 Å². The quantitative estimate of drug-likeness (QED) is 0.782. The average molecular weight is 248 g/mol. The molecule has 2 unspecified atom stereocenters. The molecular weight excluding hydrogens is 227 g/mol. The molecule has 2 heteroatoms. The number of Topliss-reactive ketones (excluding diaryl/α,β-unsaturated/α-hetero) is 1. The van der Waals surface area contributed by atoms with Crippen molar-refractivity contribution in [3.05, 3.63) is 35.6 Å². The third-order valence-electron chi connectivity index (χ3n) is 4.11. The summed E-state index contributed by atoms with van der Waals surface area (Å²) in [6.45, 7) is 2.17. The zero-order chi connectivity index (χ0) is 13.0.